The van der Waals surface area contributed by atoms with Crippen LogP contribution in [-0.2, 0) is 6.42 Å². The van der Waals surface area contributed by atoms with Crippen molar-refractivity contribution in [2.75, 3.05) is 5.75 Å². The molecule has 0 radical (unpaired) electrons. The van der Waals surface area contributed by atoms with Crippen LogP contribution in [0.2, 0.25) is 0 Å². The molecule has 15 heavy (non-hydrogen) atoms. The van der Waals surface area contributed by atoms with Crippen molar-refractivity contribution in [3.05, 3.63) is 46.7 Å². The van der Waals surface area contributed by atoms with E-state index in [1.807, 2.05) is 18.2 Å². The number of phenolic OH excluding ortho intramolecular Hbond substituents is 1. The second-order valence-corrected chi connectivity index (χ2v) is 5.31. The van der Waals surface area contributed by atoms with Crippen LogP contribution in [0, 0.1) is 0 Å². The number of phenols is 1. The molecule has 1 N–H and O–H groups in total. The Bertz CT molecular complexity index is 409. The highest BCUT2D eigenvalue weighted by Gasteiger charge is 2.00. The van der Waals surface area contributed by atoms with Gasteiger partial charge in [0.05, 0.1) is 0 Å². The number of rotatable bonds is 4. The molecule has 78 valence electrons. The highest BCUT2D eigenvalue weighted by atomic mass is 32.2. The Labute approximate surface area is 97.8 Å². The summed E-state index contributed by atoms with van der Waals surface area (Å²) < 4.78 is 0. The van der Waals surface area contributed by atoms with Crippen LogP contribution in [-0.4, -0.2) is 10.9 Å². The van der Waals surface area contributed by atoms with Gasteiger partial charge in [0.1, 0.15) is 5.75 Å². The van der Waals surface area contributed by atoms with Crippen molar-refractivity contribution in [2.45, 2.75) is 11.3 Å². The van der Waals surface area contributed by atoms with E-state index in [9.17, 15) is 5.11 Å². The average molecular weight is 236 g/mol. The predicted octanol–water partition coefficient (Wildman–Crippen LogP) is 3.79. The number of thiophene rings is 1. The van der Waals surface area contributed by atoms with Crippen molar-refractivity contribution >= 4 is 23.1 Å². The monoisotopic (exact) mass is 236 g/mol. The van der Waals surface area contributed by atoms with Crippen LogP contribution < -0.4 is 0 Å². The molecule has 0 saturated heterocycles. The number of hydrogen-bond donors (Lipinski definition) is 1. The molecule has 0 spiro atoms. The smallest absolute Gasteiger partial charge is 0.129 e. The van der Waals surface area contributed by atoms with Gasteiger partial charge in [-0.1, -0.05) is 18.2 Å². The Hall–Kier alpha value is -0.930. The molecule has 0 bridgehead atoms. The summed E-state index contributed by atoms with van der Waals surface area (Å²) in [7, 11) is 0. The van der Waals surface area contributed by atoms with Gasteiger partial charge in [-0.2, -0.15) is 0 Å². The molecule has 0 aliphatic heterocycles. The van der Waals surface area contributed by atoms with Crippen molar-refractivity contribution in [1.82, 2.24) is 0 Å². The summed E-state index contributed by atoms with van der Waals surface area (Å²) in [5, 5.41) is 11.6. The minimum atomic E-state index is 0.383. The highest BCUT2D eigenvalue weighted by molar-refractivity contribution is 7.99. The first-order valence-electron chi connectivity index (χ1n) is 4.79. The normalized spacial score (nSPS) is 10.4. The third-order valence-corrected chi connectivity index (χ3v) is 4.05. The van der Waals surface area contributed by atoms with Crippen LogP contribution in [0.4, 0.5) is 0 Å². The first-order valence-corrected chi connectivity index (χ1v) is 6.66. The van der Waals surface area contributed by atoms with E-state index in [2.05, 4.69) is 17.5 Å². The molecule has 1 aromatic carbocycles. The summed E-state index contributed by atoms with van der Waals surface area (Å²) in [5.41, 5.74) is 0. The molecule has 1 heterocycles. The molecule has 0 saturated carbocycles. The van der Waals surface area contributed by atoms with Crippen molar-refractivity contribution in [3.8, 4) is 5.75 Å². The summed E-state index contributed by atoms with van der Waals surface area (Å²) in [6.45, 7) is 0. The molecule has 0 fully saturated rings. The van der Waals surface area contributed by atoms with Gasteiger partial charge in [0, 0.05) is 15.5 Å². The minimum Gasteiger partial charge on any atom is -0.507 e. The summed E-state index contributed by atoms with van der Waals surface area (Å²) >= 11 is 3.49. The molecule has 1 nitrogen and oxygen atoms in total. The molecule has 2 aromatic rings. The lowest BCUT2D eigenvalue weighted by atomic mass is 10.3. The largest absolute Gasteiger partial charge is 0.507 e. The van der Waals surface area contributed by atoms with Gasteiger partial charge in [-0.3, -0.25) is 0 Å². The van der Waals surface area contributed by atoms with E-state index >= 15 is 0 Å². The van der Waals surface area contributed by atoms with E-state index in [4.69, 9.17) is 0 Å². The third-order valence-electron chi connectivity index (χ3n) is 2.05. The molecule has 3 heteroatoms. The van der Waals surface area contributed by atoms with Gasteiger partial charge in [0.2, 0.25) is 0 Å². The maximum atomic E-state index is 9.55. The van der Waals surface area contributed by atoms with Gasteiger partial charge < -0.3 is 5.11 Å². The Morgan fingerprint density at radius 2 is 2.00 bits per heavy atom. The first kappa shape index (κ1) is 10.6. The number of hydrogen-bond acceptors (Lipinski definition) is 3. The molecule has 0 amide bonds. The van der Waals surface area contributed by atoms with Crippen LogP contribution in [0.3, 0.4) is 0 Å². The van der Waals surface area contributed by atoms with Gasteiger partial charge in [0.15, 0.2) is 0 Å². The third kappa shape index (κ3) is 3.01. The first-order chi connectivity index (χ1) is 7.36. The average Bonchev–Trinajstić information content (AvgIpc) is 2.74. The van der Waals surface area contributed by atoms with E-state index in [0.717, 1.165) is 17.1 Å². The minimum absolute atomic E-state index is 0.383. The van der Waals surface area contributed by atoms with Gasteiger partial charge in [-0.25, -0.2) is 0 Å². The van der Waals surface area contributed by atoms with Crippen molar-refractivity contribution in [1.29, 1.82) is 0 Å². The standard InChI is InChI=1S/C12H12OS2/c13-11-5-1-2-6-12(11)15-9-7-10-4-3-8-14-10/h1-6,8,13H,7,9H2. The summed E-state index contributed by atoms with van der Waals surface area (Å²) in [4.78, 5) is 2.37. The molecular formula is C12H12OS2. The zero-order chi connectivity index (χ0) is 10.5. The molecule has 0 aliphatic carbocycles. The quantitative estimate of drug-likeness (QED) is 0.815. The van der Waals surface area contributed by atoms with Crippen LogP contribution >= 0.6 is 23.1 Å². The number of benzene rings is 1. The fourth-order valence-corrected chi connectivity index (χ4v) is 3.07. The Kier molecular flexibility index (Phi) is 3.69. The Morgan fingerprint density at radius 1 is 1.13 bits per heavy atom. The van der Waals surface area contributed by atoms with Crippen LogP contribution in [0.1, 0.15) is 4.88 Å². The lowest BCUT2D eigenvalue weighted by molar-refractivity contribution is 0.462. The summed E-state index contributed by atoms with van der Waals surface area (Å²) in [6, 6.07) is 11.7. The summed E-state index contributed by atoms with van der Waals surface area (Å²) in [5.74, 6) is 1.40. The fraction of sp³-hybridized carbons (Fsp3) is 0.167. The molecule has 2 rings (SSSR count). The van der Waals surface area contributed by atoms with E-state index < -0.39 is 0 Å². The van der Waals surface area contributed by atoms with Gasteiger partial charge in [-0.05, 0) is 30.0 Å². The predicted molar refractivity (Wildman–Crippen MR) is 66.9 cm³/mol. The van der Waals surface area contributed by atoms with E-state index in [0.29, 0.717) is 5.75 Å². The SMILES string of the molecule is Oc1ccccc1SCCc1cccs1. The van der Waals surface area contributed by atoms with Crippen molar-refractivity contribution in [3.63, 3.8) is 0 Å². The van der Waals surface area contributed by atoms with E-state index in [1.165, 1.54) is 4.88 Å². The maximum absolute atomic E-state index is 9.55. The zero-order valence-electron chi connectivity index (χ0n) is 8.22. The Balaban J connectivity index is 1.86. The molecule has 0 atom stereocenters. The lowest BCUT2D eigenvalue weighted by Crippen LogP contribution is -1.84. The van der Waals surface area contributed by atoms with Crippen LogP contribution in [0.25, 0.3) is 0 Å². The second kappa shape index (κ2) is 5.24. The Morgan fingerprint density at radius 3 is 2.73 bits per heavy atom. The number of aryl methyl sites for hydroxylation is 1. The number of thioether (sulfide) groups is 1. The lowest BCUT2D eigenvalue weighted by Gasteiger charge is -2.02. The molecular weight excluding hydrogens is 224 g/mol. The van der Waals surface area contributed by atoms with Crippen LogP contribution in [0.15, 0.2) is 46.7 Å². The second-order valence-electron chi connectivity index (χ2n) is 3.15. The van der Waals surface area contributed by atoms with Gasteiger partial charge in [-0.15, -0.1) is 23.1 Å². The van der Waals surface area contributed by atoms with E-state index in [-0.39, 0.29) is 0 Å². The van der Waals surface area contributed by atoms with Gasteiger partial charge in [0.25, 0.3) is 0 Å². The van der Waals surface area contributed by atoms with E-state index in [1.54, 1.807) is 29.2 Å². The van der Waals surface area contributed by atoms with Crippen molar-refractivity contribution in [2.24, 2.45) is 0 Å². The maximum Gasteiger partial charge on any atom is 0.129 e. The zero-order valence-corrected chi connectivity index (χ0v) is 9.85. The van der Waals surface area contributed by atoms with Crippen molar-refractivity contribution < 1.29 is 5.11 Å². The number of para-hydroxylation sites is 1. The topological polar surface area (TPSA) is 20.2 Å². The molecule has 1 aromatic heterocycles. The molecule has 0 unspecified atom stereocenters. The van der Waals surface area contributed by atoms with Crippen LogP contribution in [0.5, 0.6) is 5.75 Å². The number of aromatic hydroxyl groups is 1. The molecule has 0 aliphatic rings. The summed E-state index contributed by atoms with van der Waals surface area (Å²) in [6.07, 6.45) is 1.07. The van der Waals surface area contributed by atoms with Gasteiger partial charge >= 0.3 is 0 Å². The fourth-order valence-electron chi connectivity index (χ4n) is 1.30. The highest BCUT2D eigenvalue weighted by Crippen LogP contribution is 2.28.